The third kappa shape index (κ3) is 3.03. The lowest BCUT2D eigenvalue weighted by Gasteiger charge is -2.20. The van der Waals surface area contributed by atoms with E-state index in [-0.39, 0.29) is 5.82 Å². The summed E-state index contributed by atoms with van der Waals surface area (Å²) < 4.78 is 13.4. The highest BCUT2D eigenvalue weighted by atomic mass is 19.1. The standard InChI is InChI=1S/C13H19FN2/c1-16(9-11-6-7-15-8-11)10-12-4-2-3-5-13(12)14/h2-5,11,15H,6-10H2,1H3. The molecule has 1 aromatic carbocycles. The maximum absolute atomic E-state index is 13.4. The van der Waals surface area contributed by atoms with Crippen LogP contribution in [-0.4, -0.2) is 31.6 Å². The predicted molar refractivity (Wildman–Crippen MR) is 63.7 cm³/mol. The first kappa shape index (κ1) is 11.6. The molecule has 0 bridgehead atoms. The summed E-state index contributed by atoms with van der Waals surface area (Å²) in [4.78, 5) is 2.20. The van der Waals surface area contributed by atoms with E-state index in [0.29, 0.717) is 6.54 Å². The van der Waals surface area contributed by atoms with Crippen LogP contribution in [0.4, 0.5) is 4.39 Å². The molecule has 16 heavy (non-hydrogen) atoms. The molecule has 1 aromatic rings. The molecule has 0 aromatic heterocycles. The van der Waals surface area contributed by atoms with Gasteiger partial charge in [0.2, 0.25) is 0 Å². The van der Waals surface area contributed by atoms with Crippen molar-refractivity contribution in [2.45, 2.75) is 13.0 Å². The molecule has 1 N–H and O–H groups in total. The topological polar surface area (TPSA) is 15.3 Å². The number of halogens is 1. The Morgan fingerprint density at radius 3 is 2.94 bits per heavy atom. The lowest BCUT2D eigenvalue weighted by Crippen LogP contribution is -2.27. The van der Waals surface area contributed by atoms with E-state index in [9.17, 15) is 4.39 Å². The minimum atomic E-state index is -0.0982. The number of hydrogen-bond acceptors (Lipinski definition) is 2. The van der Waals surface area contributed by atoms with Gasteiger partial charge in [0.15, 0.2) is 0 Å². The quantitative estimate of drug-likeness (QED) is 0.836. The number of nitrogens with one attached hydrogen (secondary N) is 1. The fourth-order valence-electron chi connectivity index (χ4n) is 2.29. The number of nitrogens with zero attached hydrogens (tertiary/aromatic N) is 1. The van der Waals surface area contributed by atoms with Crippen LogP contribution in [0.2, 0.25) is 0 Å². The molecule has 0 saturated carbocycles. The van der Waals surface area contributed by atoms with Crippen LogP contribution in [0.15, 0.2) is 24.3 Å². The van der Waals surface area contributed by atoms with E-state index in [1.54, 1.807) is 6.07 Å². The van der Waals surface area contributed by atoms with Crippen molar-refractivity contribution in [1.29, 1.82) is 0 Å². The molecule has 88 valence electrons. The molecule has 1 saturated heterocycles. The molecule has 1 fully saturated rings. The van der Waals surface area contributed by atoms with Crippen LogP contribution in [0, 0.1) is 11.7 Å². The molecule has 1 heterocycles. The fourth-order valence-corrected chi connectivity index (χ4v) is 2.29. The lowest BCUT2D eigenvalue weighted by atomic mass is 10.1. The highest BCUT2D eigenvalue weighted by Gasteiger charge is 2.16. The zero-order valence-corrected chi connectivity index (χ0v) is 9.75. The summed E-state index contributed by atoms with van der Waals surface area (Å²) in [5.41, 5.74) is 0.788. The van der Waals surface area contributed by atoms with Gasteiger partial charge in [-0.1, -0.05) is 18.2 Å². The van der Waals surface area contributed by atoms with Gasteiger partial charge in [-0.15, -0.1) is 0 Å². The Labute approximate surface area is 96.5 Å². The average molecular weight is 222 g/mol. The first-order chi connectivity index (χ1) is 7.75. The van der Waals surface area contributed by atoms with Gasteiger partial charge in [0, 0.05) is 18.7 Å². The molecule has 1 atom stereocenters. The van der Waals surface area contributed by atoms with Gasteiger partial charge in [0.05, 0.1) is 0 Å². The van der Waals surface area contributed by atoms with E-state index < -0.39 is 0 Å². The van der Waals surface area contributed by atoms with Crippen molar-refractivity contribution < 1.29 is 4.39 Å². The second-order valence-electron chi connectivity index (χ2n) is 4.65. The van der Waals surface area contributed by atoms with Crippen molar-refractivity contribution in [3.63, 3.8) is 0 Å². The SMILES string of the molecule is CN(Cc1ccccc1F)CC1CCNC1. The van der Waals surface area contributed by atoms with Gasteiger partial charge < -0.3 is 10.2 Å². The molecule has 0 aliphatic carbocycles. The Morgan fingerprint density at radius 2 is 2.25 bits per heavy atom. The van der Waals surface area contributed by atoms with Crippen molar-refractivity contribution in [1.82, 2.24) is 10.2 Å². The van der Waals surface area contributed by atoms with Crippen LogP contribution in [0.25, 0.3) is 0 Å². The van der Waals surface area contributed by atoms with Gasteiger partial charge in [-0.2, -0.15) is 0 Å². The van der Waals surface area contributed by atoms with Gasteiger partial charge in [-0.3, -0.25) is 0 Å². The van der Waals surface area contributed by atoms with E-state index in [2.05, 4.69) is 17.3 Å². The second-order valence-corrected chi connectivity index (χ2v) is 4.65. The van der Waals surface area contributed by atoms with Crippen LogP contribution >= 0.6 is 0 Å². The molecule has 1 aliphatic heterocycles. The maximum atomic E-state index is 13.4. The normalized spacial score (nSPS) is 20.6. The molecular weight excluding hydrogens is 203 g/mol. The summed E-state index contributed by atoms with van der Waals surface area (Å²) in [6.45, 7) is 3.96. The monoisotopic (exact) mass is 222 g/mol. The predicted octanol–water partition coefficient (Wildman–Crippen LogP) is 1.87. The Morgan fingerprint density at radius 1 is 1.44 bits per heavy atom. The highest BCUT2D eigenvalue weighted by Crippen LogP contribution is 2.13. The Bertz CT molecular complexity index is 334. The zero-order chi connectivity index (χ0) is 11.4. The van der Waals surface area contributed by atoms with Crippen LogP contribution in [-0.2, 0) is 6.54 Å². The Hall–Kier alpha value is -0.930. The summed E-state index contributed by atoms with van der Waals surface area (Å²) in [7, 11) is 2.06. The number of benzene rings is 1. The van der Waals surface area contributed by atoms with Gasteiger partial charge in [0.1, 0.15) is 5.82 Å². The molecule has 0 amide bonds. The minimum absolute atomic E-state index is 0.0982. The minimum Gasteiger partial charge on any atom is -0.316 e. The summed E-state index contributed by atoms with van der Waals surface area (Å²) in [6, 6.07) is 7.02. The molecule has 2 nitrogen and oxygen atoms in total. The van der Waals surface area contributed by atoms with Gasteiger partial charge in [-0.05, 0) is 38.5 Å². The van der Waals surface area contributed by atoms with E-state index in [1.165, 1.54) is 12.5 Å². The third-order valence-corrected chi connectivity index (χ3v) is 3.13. The van der Waals surface area contributed by atoms with Gasteiger partial charge >= 0.3 is 0 Å². The summed E-state index contributed by atoms with van der Waals surface area (Å²) in [5.74, 6) is 0.621. The highest BCUT2D eigenvalue weighted by molar-refractivity contribution is 5.16. The molecule has 0 radical (unpaired) electrons. The second kappa shape index (κ2) is 5.41. The van der Waals surface area contributed by atoms with E-state index in [4.69, 9.17) is 0 Å². The van der Waals surface area contributed by atoms with Crippen LogP contribution in [0.5, 0.6) is 0 Å². The van der Waals surface area contributed by atoms with Crippen molar-refractivity contribution >= 4 is 0 Å². The first-order valence-corrected chi connectivity index (χ1v) is 5.88. The summed E-state index contributed by atoms with van der Waals surface area (Å²) in [5, 5.41) is 3.35. The summed E-state index contributed by atoms with van der Waals surface area (Å²) in [6.07, 6.45) is 1.24. The van der Waals surface area contributed by atoms with Gasteiger partial charge in [-0.25, -0.2) is 4.39 Å². The third-order valence-electron chi connectivity index (χ3n) is 3.13. The molecule has 2 rings (SSSR count). The van der Waals surface area contributed by atoms with E-state index in [1.807, 2.05) is 12.1 Å². The average Bonchev–Trinajstić information content (AvgIpc) is 2.74. The van der Waals surface area contributed by atoms with Crippen molar-refractivity contribution in [2.24, 2.45) is 5.92 Å². The van der Waals surface area contributed by atoms with Crippen LogP contribution < -0.4 is 5.32 Å². The van der Waals surface area contributed by atoms with Crippen molar-refractivity contribution in [2.75, 3.05) is 26.7 Å². The smallest absolute Gasteiger partial charge is 0.127 e. The molecular formula is C13H19FN2. The fraction of sp³-hybridized carbons (Fsp3) is 0.538. The number of hydrogen-bond donors (Lipinski definition) is 1. The van der Waals surface area contributed by atoms with Crippen LogP contribution in [0.3, 0.4) is 0 Å². The molecule has 1 unspecified atom stereocenters. The van der Waals surface area contributed by atoms with Crippen molar-refractivity contribution in [3.8, 4) is 0 Å². The molecule has 3 heteroatoms. The Kier molecular flexibility index (Phi) is 3.91. The zero-order valence-electron chi connectivity index (χ0n) is 9.75. The van der Waals surface area contributed by atoms with Crippen LogP contribution in [0.1, 0.15) is 12.0 Å². The maximum Gasteiger partial charge on any atom is 0.127 e. The number of rotatable bonds is 4. The van der Waals surface area contributed by atoms with E-state index in [0.717, 1.165) is 31.1 Å². The molecule has 0 spiro atoms. The van der Waals surface area contributed by atoms with E-state index >= 15 is 0 Å². The lowest BCUT2D eigenvalue weighted by molar-refractivity contribution is 0.275. The first-order valence-electron chi connectivity index (χ1n) is 5.88. The molecule has 1 aliphatic rings. The Balaban J connectivity index is 1.86. The van der Waals surface area contributed by atoms with Crippen molar-refractivity contribution in [3.05, 3.63) is 35.6 Å². The largest absolute Gasteiger partial charge is 0.316 e. The summed E-state index contributed by atoms with van der Waals surface area (Å²) >= 11 is 0. The van der Waals surface area contributed by atoms with Gasteiger partial charge in [0.25, 0.3) is 0 Å².